The van der Waals surface area contributed by atoms with E-state index in [-0.39, 0.29) is 5.91 Å². The first-order valence-electron chi connectivity index (χ1n) is 5.77. The lowest BCUT2D eigenvalue weighted by Crippen LogP contribution is -2.27. The summed E-state index contributed by atoms with van der Waals surface area (Å²) in [6.07, 6.45) is 2.90. The van der Waals surface area contributed by atoms with E-state index in [9.17, 15) is 4.79 Å². The lowest BCUT2D eigenvalue weighted by atomic mass is 10.1. The number of nitrogens with one attached hydrogen (secondary N) is 1. The fraction of sp³-hybridized carbons (Fsp3) is 0.462. The van der Waals surface area contributed by atoms with Gasteiger partial charge < -0.3 is 11.1 Å². The lowest BCUT2D eigenvalue weighted by molar-refractivity contribution is -0.120. The minimum absolute atomic E-state index is 0.0733. The van der Waals surface area contributed by atoms with E-state index in [0.717, 1.165) is 23.6 Å². The molecule has 86 valence electrons. The maximum Gasteiger partial charge on any atom is 0.224 e. The van der Waals surface area contributed by atoms with Crippen molar-refractivity contribution >= 4 is 11.6 Å². The molecule has 2 rings (SSSR count). The number of nitrogens with two attached hydrogens (primary N) is 1. The van der Waals surface area contributed by atoms with Gasteiger partial charge in [0.25, 0.3) is 0 Å². The number of hydrogen-bond acceptors (Lipinski definition) is 2. The molecule has 0 atom stereocenters. The van der Waals surface area contributed by atoms with Crippen LogP contribution in [0, 0.1) is 12.8 Å². The maximum atomic E-state index is 11.6. The largest absolute Gasteiger partial charge is 0.398 e. The fourth-order valence-electron chi connectivity index (χ4n) is 1.70. The van der Waals surface area contributed by atoms with Crippen LogP contribution in [0.4, 0.5) is 5.69 Å². The third kappa shape index (κ3) is 2.99. The van der Waals surface area contributed by atoms with Gasteiger partial charge in [0.1, 0.15) is 0 Å². The van der Waals surface area contributed by atoms with Crippen molar-refractivity contribution in [2.24, 2.45) is 5.92 Å². The van der Waals surface area contributed by atoms with E-state index >= 15 is 0 Å². The lowest BCUT2D eigenvalue weighted by Gasteiger charge is -2.07. The summed E-state index contributed by atoms with van der Waals surface area (Å²) in [5.74, 6) is 0.794. The summed E-state index contributed by atoms with van der Waals surface area (Å²) in [6.45, 7) is 2.83. The van der Waals surface area contributed by atoms with Crippen LogP contribution in [0.1, 0.15) is 24.0 Å². The Labute approximate surface area is 96.0 Å². The van der Waals surface area contributed by atoms with Crippen molar-refractivity contribution in [3.05, 3.63) is 29.3 Å². The Kier molecular flexibility index (Phi) is 3.13. The summed E-state index contributed by atoms with van der Waals surface area (Å²) >= 11 is 0. The van der Waals surface area contributed by atoms with Gasteiger partial charge in [-0.2, -0.15) is 0 Å². The SMILES string of the molecule is Cc1ccc(N)c(CC(=O)NCC2CC2)c1. The summed E-state index contributed by atoms with van der Waals surface area (Å²) in [7, 11) is 0. The number of anilines is 1. The molecule has 0 spiro atoms. The van der Waals surface area contributed by atoms with E-state index in [2.05, 4.69) is 5.32 Å². The zero-order valence-electron chi connectivity index (χ0n) is 9.62. The number of hydrogen-bond donors (Lipinski definition) is 2. The number of carbonyl (C=O) groups is 1. The van der Waals surface area contributed by atoms with E-state index in [4.69, 9.17) is 5.73 Å². The van der Waals surface area contributed by atoms with E-state index in [1.54, 1.807) is 0 Å². The van der Waals surface area contributed by atoms with E-state index < -0.39 is 0 Å². The van der Waals surface area contributed by atoms with Crippen molar-refractivity contribution in [1.82, 2.24) is 5.32 Å². The molecular formula is C13H18N2O. The van der Waals surface area contributed by atoms with Gasteiger partial charge in [0.15, 0.2) is 0 Å². The van der Waals surface area contributed by atoms with Crippen LogP contribution in [0.15, 0.2) is 18.2 Å². The normalized spacial score (nSPS) is 14.8. The highest BCUT2D eigenvalue weighted by atomic mass is 16.1. The molecular weight excluding hydrogens is 200 g/mol. The molecule has 1 aliphatic carbocycles. The van der Waals surface area contributed by atoms with Crippen LogP contribution in [0.2, 0.25) is 0 Å². The second-order valence-electron chi connectivity index (χ2n) is 4.63. The number of benzene rings is 1. The van der Waals surface area contributed by atoms with E-state index in [1.165, 1.54) is 12.8 Å². The Balaban J connectivity index is 1.91. The van der Waals surface area contributed by atoms with Gasteiger partial charge in [0.05, 0.1) is 6.42 Å². The van der Waals surface area contributed by atoms with Crippen LogP contribution < -0.4 is 11.1 Å². The summed E-state index contributed by atoms with van der Waals surface area (Å²) in [5, 5.41) is 2.95. The van der Waals surface area contributed by atoms with Crippen molar-refractivity contribution in [3.63, 3.8) is 0 Å². The van der Waals surface area contributed by atoms with Gasteiger partial charge in [0, 0.05) is 12.2 Å². The maximum absolute atomic E-state index is 11.6. The Morgan fingerprint density at radius 3 is 2.94 bits per heavy atom. The molecule has 1 aliphatic rings. The molecule has 0 aromatic heterocycles. The Hall–Kier alpha value is -1.51. The molecule has 0 bridgehead atoms. The molecule has 3 heteroatoms. The standard InChI is InChI=1S/C13H18N2O/c1-9-2-5-12(14)11(6-9)7-13(16)15-8-10-3-4-10/h2,5-6,10H,3-4,7-8,14H2,1H3,(H,15,16). The van der Waals surface area contributed by atoms with Crippen LogP contribution in [0.25, 0.3) is 0 Å². The molecule has 0 radical (unpaired) electrons. The smallest absolute Gasteiger partial charge is 0.224 e. The van der Waals surface area contributed by atoms with Gasteiger partial charge in [0.2, 0.25) is 5.91 Å². The van der Waals surface area contributed by atoms with Crippen molar-refractivity contribution < 1.29 is 4.79 Å². The minimum Gasteiger partial charge on any atom is -0.398 e. The van der Waals surface area contributed by atoms with Gasteiger partial charge in [-0.25, -0.2) is 0 Å². The van der Waals surface area contributed by atoms with Crippen molar-refractivity contribution in [1.29, 1.82) is 0 Å². The first-order valence-corrected chi connectivity index (χ1v) is 5.77. The van der Waals surface area contributed by atoms with Crippen LogP contribution in [0.3, 0.4) is 0 Å². The molecule has 1 fully saturated rings. The second kappa shape index (κ2) is 4.56. The zero-order valence-corrected chi connectivity index (χ0v) is 9.62. The topological polar surface area (TPSA) is 55.1 Å². The highest BCUT2D eigenvalue weighted by Crippen LogP contribution is 2.27. The molecule has 0 heterocycles. The Bertz CT molecular complexity index is 397. The number of carbonyl (C=O) groups excluding carboxylic acids is 1. The van der Waals surface area contributed by atoms with Gasteiger partial charge in [-0.3, -0.25) is 4.79 Å². The third-order valence-corrected chi connectivity index (χ3v) is 2.93. The number of nitrogen functional groups attached to an aromatic ring is 1. The molecule has 3 nitrogen and oxygen atoms in total. The minimum atomic E-state index is 0.0733. The summed E-state index contributed by atoms with van der Waals surface area (Å²) in [5.41, 5.74) is 8.59. The molecule has 0 unspecified atom stereocenters. The van der Waals surface area contributed by atoms with Gasteiger partial charge >= 0.3 is 0 Å². The highest BCUT2D eigenvalue weighted by Gasteiger charge is 2.21. The first-order chi connectivity index (χ1) is 7.65. The average molecular weight is 218 g/mol. The van der Waals surface area contributed by atoms with Crippen molar-refractivity contribution in [3.8, 4) is 0 Å². The van der Waals surface area contributed by atoms with Gasteiger partial charge in [-0.1, -0.05) is 17.7 Å². The monoisotopic (exact) mass is 218 g/mol. The fourth-order valence-corrected chi connectivity index (χ4v) is 1.70. The van der Waals surface area contributed by atoms with Crippen molar-refractivity contribution in [2.45, 2.75) is 26.2 Å². The van der Waals surface area contributed by atoms with Crippen LogP contribution in [-0.2, 0) is 11.2 Å². The predicted octanol–water partition coefficient (Wildman–Crippen LogP) is 1.65. The highest BCUT2D eigenvalue weighted by molar-refractivity contribution is 5.80. The van der Waals surface area contributed by atoms with Crippen LogP contribution in [0.5, 0.6) is 0 Å². The average Bonchev–Trinajstić information content (AvgIpc) is 3.04. The predicted molar refractivity (Wildman–Crippen MR) is 65.0 cm³/mol. The van der Waals surface area contributed by atoms with Crippen LogP contribution >= 0.6 is 0 Å². The van der Waals surface area contributed by atoms with Crippen LogP contribution in [-0.4, -0.2) is 12.5 Å². The second-order valence-corrected chi connectivity index (χ2v) is 4.63. The number of rotatable bonds is 4. The number of aryl methyl sites for hydroxylation is 1. The third-order valence-electron chi connectivity index (χ3n) is 2.93. The molecule has 0 saturated heterocycles. The Morgan fingerprint density at radius 1 is 1.50 bits per heavy atom. The molecule has 1 aromatic carbocycles. The quantitative estimate of drug-likeness (QED) is 0.755. The molecule has 3 N–H and O–H groups in total. The summed E-state index contributed by atoms with van der Waals surface area (Å²) < 4.78 is 0. The summed E-state index contributed by atoms with van der Waals surface area (Å²) in [6, 6.07) is 5.80. The molecule has 1 amide bonds. The van der Waals surface area contributed by atoms with Gasteiger partial charge in [-0.05, 0) is 37.3 Å². The molecule has 16 heavy (non-hydrogen) atoms. The van der Waals surface area contributed by atoms with Crippen molar-refractivity contribution in [2.75, 3.05) is 12.3 Å². The van der Waals surface area contributed by atoms with E-state index in [0.29, 0.717) is 12.1 Å². The molecule has 1 saturated carbocycles. The van der Waals surface area contributed by atoms with E-state index in [1.807, 2.05) is 25.1 Å². The Morgan fingerprint density at radius 2 is 2.25 bits per heavy atom. The zero-order chi connectivity index (χ0) is 11.5. The number of amides is 1. The molecule has 0 aliphatic heterocycles. The molecule has 1 aromatic rings. The van der Waals surface area contributed by atoms with Gasteiger partial charge in [-0.15, -0.1) is 0 Å². The summed E-state index contributed by atoms with van der Waals surface area (Å²) in [4.78, 5) is 11.6. The first kappa shape index (κ1) is 11.0.